The topological polar surface area (TPSA) is 55.6 Å². The van der Waals surface area contributed by atoms with Gasteiger partial charge in [-0.1, -0.05) is 48.5 Å². The molecule has 0 aromatic heterocycles. The van der Waals surface area contributed by atoms with E-state index in [9.17, 15) is 4.79 Å². The Labute approximate surface area is 136 Å². The molecule has 0 saturated carbocycles. The molecule has 1 aliphatic rings. The lowest BCUT2D eigenvalue weighted by Crippen LogP contribution is -2.44. The summed E-state index contributed by atoms with van der Waals surface area (Å²) in [7, 11) is 0. The number of nitrogens with zero attached hydrogens (tertiary/aromatic N) is 1. The highest BCUT2D eigenvalue weighted by Gasteiger charge is 2.30. The van der Waals surface area contributed by atoms with Crippen LogP contribution >= 0.6 is 0 Å². The molecule has 2 aromatic carbocycles. The summed E-state index contributed by atoms with van der Waals surface area (Å²) < 4.78 is 6.01. The summed E-state index contributed by atoms with van der Waals surface area (Å²) in [6, 6.07) is 19.3. The zero-order valence-electron chi connectivity index (χ0n) is 13.1. The van der Waals surface area contributed by atoms with Crippen molar-refractivity contribution in [3.8, 4) is 5.75 Å². The van der Waals surface area contributed by atoms with E-state index in [1.165, 1.54) is 0 Å². The molecule has 0 unspecified atom stereocenters. The number of ether oxygens (including phenoxy) is 1. The van der Waals surface area contributed by atoms with Crippen LogP contribution in [0.3, 0.4) is 0 Å². The fraction of sp³-hybridized carbons (Fsp3) is 0.316. The second kappa shape index (κ2) is 7.29. The third-order valence-electron chi connectivity index (χ3n) is 4.27. The van der Waals surface area contributed by atoms with Crippen LogP contribution in [-0.4, -0.2) is 30.0 Å². The normalized spacial score (nSPS) is 17.6. The predicted molar refractivity (Wildman–Crippen MR) is 90.0 cm³/mol. The molecule has 0 radical (unpaired) electrons. The zero-order chi connectivity index (χ0) is 16.1. The van der Waals surface area contributed by atoms with E-state index in [1.54, 1.807) is 0 Å². The average Bonchev–Trinajstić information content (AvgIpc) is 2.58. The monoisotopic (exact) mass is 310 g/mol. The molecule has 1 fully saturated rings. The Morgan fingerprint density at radius 3 is 2.13 bits per heavy atom. The van der Waals surface area contributed by atoms with Gasteiger partial charge in [-0.25, -0.2) is 0 Å². The molecule has 1 saturated heterocycles. The third kappa shape index (κ3) is 3.90. The van der Waals surface area contributed by atoms with Crippen molar-refractivity contribution in [3.63, 3.8) is 0 Å². The molecule has 120 valence electrons. The first-order valence-corrected chi connectivity index (χ1v) is 8.04. The van der Waals surface area contributed by atoms with Crippen LogP contribution in [0.1, 0.15) is 24.4 Å². The first-order chi connectivity index (χ1) is 11.2. The van der Waals surface area contributed by atoms with Crippen LogP contribution in [0.2, 0.25) is 0 Å². The molecule has 3 rings (SSSR count). The minimum atomic E-state index is -0.353. The van der Waals surface area contributed by atoms with Crippen molar-refractivity contribution >= 4 is 5.91 Å². The van der Waals surface area contributed by atoms with E-state index in [-0.39, 0.29) is 18.1 Å². The van der Waals surface area contributed by atoms with Gasteiger partial charge < -0.3 is 10.5 Å². The van der Waals surface area contributed by atoms with Gasteiger partial charge in [0.05, 0.1) is 0 Å². The standard InChI is InChI=1S/C19H22N2O2/c20-19(22)18(15-7-3-1-4-8-15)21-13-11-17(12-14-21)23-16-9-5-2-6-10-16/h1-10,17-18H,11-14H2,(H2,20,22)/t18-/m0/s1. The number of rotatable bonds is 5. The minimum Gasteiger partial charge on any atom is -0.490 e. The molecule has 4 heteroatoms. The van der Waals surface area contributed by atoms with Gasteiger partial charge in [0, 0.05) is 13.1 Å². The highest BCUT2D eigenvalue weighted by molar-refractivity contribution is 5.81. The maximum atomic E-state index is 11.9. The molecule has 1 amide bonds. The highest BCUT2D eigenvalue weighted by Crippen LogP contribution is 2.26. The first-order valence-electron chi connectivity index (χ1n) is 8.04. The Hall–Kier alpha value is -2.33. The van der Waals surface area contributed by atoms with E-state index < -0.39 is 0 Å². The average molecular weight is 310 g/mol. The van der Waals surface area contributed by atoms with Gasteiger partial charge in [-0.2, -0.15) is 0 Å². The molecule has 1 atom stereocenters. The van der Waals surface area contributed by atoms with E-state index in [4.69, 9.17) is 10.5 Å². The molecule has 0 spiro atoms. The Morgan fingerprint density at radius 1 is 1.00 bits per heavy atom. The lowest BCUT2D eigenvalue weighted by Gasteiger charge is -2.36. The number of benzene rings is 2. The van der Waals surface area contributed by atoms with Crippen molar-refractivity contribution in [2.75, 3.05) is 13.1 Å². The van der Waals surface area contributed by atoms with Crippen molar-refractivity contribution in [2.45, 2.75) is 25.0 Å². The summed E-state index contributed by atoms with van der Waals surface area (Å²) in [6.07, 6.45) is 1.98. The van der Waals surface area contributed by atoms with Crippen molar-refractivity contribution in [3.05, 3.63) is 66.2 Å². The molecule has 1 heterocycles. The van der Waals surface area contributed by atoms with E-state index in [2.05, 4.69) is 4.90 Å². The molecule has 2 aromatic rings. The van der Waals surface area contributed by atoms with E-state index >= 15 is 0 Å². The van der Waals surface area contributed by atoms with Gasteiger partial charge in [0.15, 0.2) is 0 Å². The smallest absolute Gasteiger partial charge is 0.239 e. The second-order valence-corrected chi connectivity index (χ2v) is 5.88. The lowest BCUT2D eigenvalue weighted by atomic mass is 10.00. The van der Waals surface area contributed by atoms with Crippen molar-refractivity contribution < 1.29 is 9.53 Å². The van der Waals surface area contributed by atoms with Gasteiger partial charge in [-0.15, -0.1) is 0 Å². The van der Waals surface area contributed by atoms with Crippen molar-refractivity contribution in [1.29, 1.82) is 0 Å². The fourth-order valence-electron chi connectivity index (χ4n) is 3.13. The molecule has 1 aliphatic heterocycles. The summed E-state index contributed by atoms with van der Waals surface area (Å²) in [5.74, 6) is 0.610. The fourth-order valence-corrected chi connectivity index (χ4v) is 3.13. The Balaban J connectivity index is 1.62. The summed E-state index contributed by atoms with van der Waals surface area (Å²) in [5, 5.41) is 0. The van der Waals surface area contributed by atoms with Crippen molar-refractivity contribution in [2.24, 2.45) is 5.73 Å². The summed E-state index contributed by atoms with van der Waals surface area (Å²) in [5.41, 5.74) is 6.61. The van der Waals surface area contributed by atoms with Gasteiger partial charge in [0.1, 0.15) is 17.9 Å². The number of para-hydroxylation sites is 1. The van der Waals surface area contributed by atoms with E-state index in [0.717, 1.165) is 37.2 Å². The summed E-state index contributed by atoms with van der Waals surface area (Å²) in [4.78, 5) is 14.1. The van der Waals surface area contributed by atoms with Gasteiger partial charge >= 0.3 is 0 Å². The largest absolute Gasteiger partial charge is 0.490 e. The Bertz CT molecular complexity index is 622. The molecule has 0 aliphatic carbocycles. The van der Waals surface area contributed by atoms with Gasteiger partial charge in [0.25, 0.3) is 0 Å². The van der Waals surface area contributed by atoms with E-state index in [0.29, 0.717) is 0 Å². The molecule has 23 heavy (non-hydrogen) atoms. The SMILES string of the molecule is NC(=O)[C@H](c1ccccc1)N1CCC(Oc2ccccc2)CC1. The number of amides is 1. The van der Waals surface area contributed by atoms with Gasteiger partial charge in [-0.3, -0.25) is 9.69 Å². The van der Waals surface area contributed by atoms with Crippen LogP contribution in [0.15, 0.2) is 60.7 Å². The van der Waals surface area contributed by atoms with Crippen LogP contribution in [0.5, 0.6) is 5.75 Å². The zero-order valence-corrected chi connectivity index (χ0v) is 13.1. The molecular formula is C19H22N2O2. The Morgan fingerprint density at radius 2 is 1.57 bits per heavy atom. The van der Waals surface area contributed by atoms with Crippen LogP contribution in [0.4, 0.5) is 0 Å². The molecule has 0 bridgehead atoms. The van der Waals surface area contributed by atoms with Crippen LogP contribution in [0, 0.1) is 0 Å². The number of nitrogens with two attached hydrogens (primary N) is 1. The number of likely N-dealkylation sites (tertiary alicyclic amines) is 1. The second-order valence-electron chi connectivity index (χ2n) is 5.88. The molecular weight excluding hydrogens is 288 g/mol. The molecule has 2 N–H and O–H groups in total. The lowest BCUT2D eigenvalue weighted by molar-refractivity contribution is -0.124. The van der Waals surface area contributed by atoms with E-state index in [1.807, 2.05) is 60.7 Å². The van der Waals surface area contributed by atoms with Gasteiger partial charge in [0.2, 0.25) is 5.91 Å². The number of hydrogen-bond donors (Lipinski definition) is 1. The third-order valence-corrected chi connectivity index (χ3v) is 4.27. The molecule has 4 nitrogen and oxygen atoms in total. The number of primary amides is 1. The predicted octanol–water partition coefficient (Wildman–Crippen LogP) is 2.76. The summed E-state index contributed by atoms with van der Waals surface area (Å²) in [6.45, 7) is 1.61. The number of carbonyl (C=O) groups excluding carboxylic acids is 1. The quantitative estimate of drug-likeness (QED) is 0.924. The Kier molecular flexibility index (Phi) is 4.93. The highest BCUT2D eigenvalue weighted by atomic mass is 16.5. The maximum absolute atomic E-state index is 11.9. The van der Waals surface area contributed by atoms with Gasteiger partial charge in [-0.05, 0) is 30.5 Å². The van der Waals surface area contributed by atoms with Crippen LogP contribution in [0.25, 0.3) is 0 Å². The first kappa shape index (κ1) is 15.6. The number of carbonyl (C=O) groups is 1. The maximum Gasteiger partial charge on any atom is 0.239 e. The number of hydrogen-bond acceptors (Lipinski definition) is 3. The number of piperidine rings is 1. The van der Waals surface area contributed by atoms with Crippen LogP contribution < -0.4 is 10.5 Å². The van der Waals surface area contributed by atoms with Crippen LogP contribution in [-0.2, 0) is 4.79 Å². The minimum absolute atomic E-state index is 0.193. The summed E-state index contributed by atoms with van der Waals surface area (Å²) >= 11 is 0. The van der Waals surface area contributed by atoms with Crippen molar-refractivity contribution in [1.82, 2.24) is 4.90 Å².